The van der Waals surface area contributed by atoms with E-state index in [1.807, 2.05) is 0 Å². The molecule has 0 spiro atoms. The standard InChI is InChI=1S/C8H9NO3/c9-6-4-2-1-3-5(6)7(10)8(11)12/h1-5,7,9-10H,(H,11,12). The van der Waals surface area contributed by atoms with Crippen LogP contribution in [0.3, 0.4) is 0 Å². The first-order chi connectivity index (χ1) is 5.63. The average Bonchev–Trinajstić information content (AvgIpc) is 2.04. The fourth-order valence-corrected chi connectivity index (χ4v) is 0.987. The maximum absolute atomic E-state index is 10.3. The van der Waals surface area contributed by atoms with E-state index >= 15 is 0 Å². The largest absolute Gasteiger partial charge is 0.479 e. The van der Waals surface area contributed by atoms with Gasteiger partial charge in [0, 0.05) is 5.71 Å². The van der Waals surface area contributed by atoms with Crippen LogP contribution >= 0.6 is 0 Å². The Bertz CT molecular complexity index is 267. The summed E-state index contributed by atoms with van der Waals surface area (Å²) in [5.74, 6) is -2.02. The second kappa shape index (κ2) is 3.32. The van der Waals surface area contributed by atoms with Crippen LogP contribution in [-0.4, -0.2) is 28.0 Å². The van der Waals surface area contributed by atoms with Crippen LogP contribution in [0.5, 0.6) is 0 Å². The summed E-state index contributed by atoms with van der Waals surface area (Å²) in [6.45, 7) is 0. The molecule has 0 aromatic heterocycles. The lowest BCUT2D eigenvalue weighted by Crippen LogP contribution is -2.33. The minimum atomic E-state index is -1.52. The molecule has 0 bridgehead atoms. The number of aliphatic hydroxyl groups excluding tert-OH is 1. The highest BCUT2D eigenvalue weighted by Crippen LogP contribution is 2.12. The molecule has 0 aliphatic heterocycles. The fourth-order valence-electron chi connectivity index (χ4n) is 0.987. The van der Waals surface area contributed by atoms with Gasteiger partial charge in [0.15, 0.2) is 6.10 Å². The van der Waals surface area contributed by atoms with E-state index in [1.165, 1.54) is 12.2 Å². The van der Waals surface area contributed by atoms with Gasteiger partial charge in [-0.3, -0.25) is 0 Å². The van der Waals surface area contributed by atoms with Crippen LogP contribution in [0, 0.1) is 11.3 Å². The lowest BCUT2D eigenvalue weighted by atomic mass is 9.93. The smallest absolute Gasteiger partial charge is 0.333 e. The number of hydrogen-bond donors (Lipinski definition) is 3. The van der Waals surface area contributed by atoms with Crippen molar-refractivity contribution in [2.75, 3.05) is 0 Å². The van der Waals surface area contributed by atoms with Crippen molar-refractivity contribution in [3.8, 4) is 0 Å². The lowest BCUT2D eigenvalue weighted by Gasteiger charge is -2.16. The molecule has 0 amide bonds. The van der Waals surface area contributed by atoms with Crippen molar-refractivity contribution in [1.29, 1.82) is 5.41 Å². The number of hydrogen-bond acceptors (Lipinski definition) is 3. The highest BCUT2D eigenvalue weighted by atomic mass is 16.4. The van der Waals surface area contributed by atoms with E-state index in [-0.39, 0.29) is 5.71 Å². The van der Waals surface area contributed by atoms with Gasteiger partial charge in [-0.25, -0.2) is 4.79 Å². The second-order valence-electron chi connectivity index (χ2n) is 2.51. The van der Waals surface area contributed by atoms with Crippen LogP contribution in [0.1, 0.15) is 0 Å². The molecule has 0 saturated heterocycles. The van der Waals surface area contributed by atoms with Crippen molar-refractivity contribution in [1.82, 2.24) is 0 Å². The van der Waals surface area contributed by atoms with E-state index in [2.05, 4.69) is 0 Å². The van der Waals surface area contributed by atoms with Crippen LogP contribution in [-0.2, 0) is 4.79 Å². The Morgan fingerprint density at radius 3 is 2.75 bits per heavy atom. The normalized spacial score (nSPS) is 24.1. The number of carboxylic acid groups (broad SMARTS) is 1. The van der Waals surface area contributed by atoms with Gasteiger partial charge in [0.1, 0.15) is 0 Å². The lowest BCUT2D eigenvalue weighted by molar-refractivity contribution is -0.147. The molecule has 1 aliphatic rings. The van der Waals surface area contributed by atoms with Crippen molar-refractivity contribution in [3.05, 3.63) is 24.3 Å². The first-order valence-corrected chi connectivity index (χ1v) is 3.47. The molecule has 1 aliphatic carbocycles. The minimum absolute atomic E-state index is 0.118. The molecule has 64 valence electrons. The summed E-state index contributed by atoms with van der Waals surface area (Å²) in [7, 11) is 0. The Morgan fingerprint density at radius 2 is 2.25 bits per heavy atom. The molecule has 2 atom stereocenters. The molecule has 12 heavy (non-hydrogen) atoms. The van der Waals surface area contributed by atoms with E-state index < -0.39 is 18.0 Å². The van der Waals surface area contributed by atoms with Gasteiger partial charge >= 0.3 is 5.97 Å². The minimum Gasteiger partial charge on any atom is -0.479 e. The number of aliphatic hydroxyl groups is 1. The predicted octanol–water partition coefficient (Wildman–Crippen LogP) is 0.194. The zero-order chi connectivity index (χ0) is 9.14. The van der Waals surface area contributed by atoms with Crippen molar-refractivity contribution in [2.45, 2.75) is 6.10 Å². The molecule has 3 N–H and O–H groups in total. The topological polar surface area (TPSA) is 81.4 Å². The van der Waals surface area contributed by atoms with E-state index in [9.17, 15) is 4.79 Å². The molecule has 1 rings (SSSR count). The zero-order valence-electron chi connectivity index (χ0n) is 6.27. The molecule has 0 aromatic rings. The molecule has 4 nitrogen and oxygen atoms in total. The molecule has 4 heteroatoms. The average molecular weight is 167 g/mol. The second-order valence-corrected chi connectivity index (χ2v) is 2.51. The summed E-state index contributed by atoms with van der Waals surface area (Å²) in [4.78, 5) is 10.3. The summed E-state index contributed by atoms with van der Waals surface area (Å²) in [5, 5.41) is 24.9. The molecule has 0 radical (unpaired) electrons. The number of nitrogens with one attached hydrogen (secondary N) is 1. The number of allylic oxidation sites excluding steroid dienone is 3. The van der Waals surface area contributed by atoms with Gasteiger partial charge < -0.3 is 15.6 Å². The quantitative estimate of drug-likeness (QED) is 0.549. The number of aliphatic carboxylic acids is 1. The Kier molecular flexibility index (Phi) is 2.40. The maximum Gasteiger partial charge on any atom is 0.333 e. The van der Waals surface area contributed by atoms with Crippen molar-refractivity contribution >= 4 is 11.7 Å². The summed E-state index contributed by atoms with van der Waals surface area (Å²) in [5.41, 5.74) is 0.118. The summed E-state index contributed by atoms with van der Waals surface area (Å²) in [6, 6.07) is 0. The van der Waals surface area contributed by atoms with Crippen LogP contribution in [0.25, 0.3) is 0 Å². The highest BCUT2D eigenvalue weighted by Gasteiger charge is 2.26. The van der Waals surface area contributed by atoms with Crippen LogP contribution < -0.4 is 0 Å². The SMILES string of the molecule is N=C1C=CC=CC1C(O)C(=O)O. The van der Waals surface area contributed by atoms with E-state index in [0.717, 1.165) is 0 Å². The van der Waals surface area contributed by atoms with Crippen molar-refractivity contribution in [2.24, 2.45) is 5.92 Å². The van der Waals surface area contributed by atoms with Gasteiger partial charge in [0.25, 0.3) is 0 Å². The molecule has 0 heterocycles. The fraction of sp³-hybridized carbons (Fsp3) is 0.250. The molecule has 0 aromatic carbocycles. The van der Waals surface area contributed by atoms with Gasteiger partial charge in [0.2, 0.25) is 0 Å². The number of carbonyl (C=O) groups is 1. The van der Waals surface area contributed by atoms with Gasteiger partial charge in [-0.1, -0.05) is 18.2 Å². The van der Waals surface area contributed by atoms with Gasteiger partial charge in [0.05, 0.1) is 5.92 Å². The Morgan fingerprint density at radius 1 is 1.58 bits per heavy atom. The molecule has 2 unspecified atom stereocenters. The zero-order valence-corrected chi connectivity index (χ0v) is 6.27. The molecule has 0 saturated carbocycles. The Hall–Kier alpha value is -1.42. The summed E-state index contributed by atoms with van der Waals surface area (Å²) >= 11 is 0. The number of carboxylic acids is 1. The molecular weight excluding hydrogens is 158 g/mol. The summed E-state index contributed by atoms with van der Waals surface area (Å²) < 4.78 is 0. The van der Waals surface area contributed by atoms with Crippen LogP contribution in [0.4, 0.5) is 0 Å². The molecular formula is C8H9NO3. The third-order valence-corrected chi connectivity index (χ3v) is 1.66. The van der Waals surface area contributed by atoms with Gasteiger partial charge in [-0.15, -0.1) is 0 Å². The third kappa shape index (κ3) is 1.60. The van der Waals surface area contributed by atoms with E-state index in [4.69, 9.17) is 15.6 Å². The predicted molar refractivity (Wildman–Crippen MR) is 43.1 cm³/mol. The first-order valence-electron chi connectivity index (χ1n) is 3.47. The van der Waals surface area contributed by atoms with Crippen LogP contribution in [0.2, 0.25) is 0 Å². The first kappa shape index (κ1) is 8.67. The monoisotopic (exact) mass is 167 g/mol. The molecule has 0 fully saturated rings. The van der Waals surface area contributed by atoms with Crippen molar-refractivity contribution in [3.63, 3.8) is 0 Å². The van der Waals surface area contributed by atoms with Crippen LogP contribution in [0.15, 0.2) is 24.3 Å². The van der Waals surface area contributed by atoms with E-state index in [1.54, 1.807) is 12.2 Å². The third-order valence-electron chi connectivity index (χ3n) is 1.66. The highest BCUT2D eigenvalue weighted by molar-refractivity contribution is 5.99. The van der Waals surface area contributed by atoms with Gasteiger partial charge in [-0.2, -0.15) is 0 Å². The van der Waals surface area contributed by atoms with Gasteiger partial charge in [-0.05, 0) is 6.08 Å². The van der Waals surface area contributed by atoms with E-state index in [0.29, 0.717) is 0 Å². The Labute approximate surface area is 69.3 Å². The van der Waals surface area contributed by atoms with Crippen molar-refractivity contribution < 1.29 is 15.0 Å². The summed E-state index contributed by atoms with van der Waals surface area (Å²) in [6.07, 6.45) is 4.71. The number of rotatable bonds is 2. The maximum atomic E-state index is 10.3. The Balaban J connectivity index is 2.76.